The lowest BCUT2D eigenvalue weighted by Crippen LogP contribution is -2.37. The SMILES string of the molecule is C[C@@H](NC(=O)NCCCC(=O)O)c1cccc(OCc2ccccc2)c1. The second kappa shape index (κ2) is 10.1. The van der Waals surface area contributed by atoms with Gasteiger partial charge >= 0.3 is 12.0 Å². The largest absolute Gasteiger partial charge is 0.489 e. The van der Waals surface area contributed by atoms with Gasteiger partial charge in [-0.25, -0.2) is 4.79 Å². The van der Waals surface area contributed by atoms with E-state index >= 15 is 0 Å². The van der Waals surface area contributed by atoms with Crippen LogP contribution in [0.25, 0.3) is 0 Å². The molecule has 0 radical (unpaired) electrons. The van der Waals surface area contributed by atoms with Crippen molar-refractivity contribution in [2.24, 2.45) is 0 Å². The fourth-order valence-electron chi connectivity index (χ4n) is 2.39. The molecule has 3 N–H and O–H groups in total. The zero-order chi connectivity index (χ0) is 18.8. The van der Waals surface area contributed by atoms with Crippen molar-refractivity contribution in [1.82, 2.24) is 10.6 Å². The van der Waals surface area contributed by atoms with Crippen molar-refractivity contribution in [2.75, 3.05) is 6.54 Å². The van der Waals surface area contributed by atoms with E-state index in [0.717, 1.165) is 16.9 Å². The third-order valence-corrected chi connectivity index (χ3v) is 3.81. The van der Waals surface area contributed by atoms with Crippen LogP contribution in [0.2, 0.25) is 0 Å². The summed E-state index contributed by atoms with van der Waals surface area (Å²) in [5, 5.41) is 14.1. The number of carboxylic acids is 1. The fourth-order valence-corrected chi connectivity index (χ4v) is 2.39. The molecule has 0 fully saturated rings. The second-order valence-corrected chi connectivity index (χ2v) is 5.97. The smallest absolute Gasteiger partial charge is 0.315 e. The number of benzene rings is 2. The lowest BCUT2D eigenvalue weighted by molar-refractivity contribution is -0.137. The highest BCUT2D eigenvalue weighted by Gasteiger charge is 2.10. The number of carbonyl (C=O) groups is 2. The standard InChI is InChI=1S/C20H24N2O4/c1-15(22-20(25)21-12-6-11-19(23)24)17-9-5-10-18(13-17)26-14-16-7-3-2-4-8-16/h2-5,7-10,13,15H,6,11-12,14H2,1H3,(H,23,24)(H2,21,22,25)/t15-/m1/s1. The van der Waals surface area contributed by atoms with Gasteiger partial charge in [-0.15, -0.1) is 0 Å². The number of urea groups is 1. The van der Waals surface area contributed by atoms with Gasteiger partial charge in [0.1, 0.15) is 12.4 Å². The van der Waals surface area contributed by atoms with Crippen molar-refractivity contribution in [1.29, 1.82) is 0 Å². The van der Waals surface area contributed by atoms with Crippen molar-refractivity contribution in [2.45, 2.75) is 32.4 Å². The number of rotatable bonds is 9. The van der Waals surface area contributed by atoms with Crippen molar-refractivity contribution in [3.05, 3.63) is 65.7 Å². The molecule has 0 aliphatic rings. The summed E-state index contributed by atoms with van der Waals surface area (Å²) in [5.41, 5.74) is 2.01. The molecule has 6 heteroatoms. The topological polar surface area (TPSA) is 87.7 Å². The fraction of sp³-hybridized carbons (Fsp3) is 0.300. The van der Waals surface area contributed by atoms with Crippen molar-refractivity contribution >= 4 is 12.0 Å². The molecule has 0 aromatic heterocycles. The number of carbonyl (C=O) groups excluding carboxylic acids is 1. The second-order valence-electron chi connectivity index (χ2n) is 5.97. The van der Waals surface area contributed by atoms with Gasteiger partial charge in [-0.1, -0.05) is 42.5 Å². The summed E-state index contributed by atoms with van der Waals surface area (Å²) in [6, 6.07) is 17.0. The first kappa shape index (κ1) is 19.3. The van der Waals surface area contributed by atoms with E-state index < -0.39 is 5.97 Å². The van der Waals surface area contributed by atoms with E-state index in [1.165, 1.54) is 0 Å². The molecule has 0 saturated heterocycles. The first-order valence-electron chi connectivity index (χ1n) is 8.57. The molecule has 0 aliphatic carbocycles. The molecule has 2 amide bonds. The molecule has 0 bridgehead atoms. The Bertz CT molecular complexity index is 719. The Balaban J connectivity index is 1.82. The van der Waals surface area contributed by atoms with Crippen LogP contribution in [0.5, 0.6) is 5.75 Å². The van der Waals surface area contributed by atoms with Crippen LogP contribution in [0.4, 0.5) is 4.79 Å². The number of hydrogen-bond donors (Lipinski definition) is 3. The normalized spacial score (nSPS) is 11.4. The van der Waals surface area contributed by atoms with Gasteiger partial charge in [0, 0.05) is 13.0 Å². The highest BCUT2D eigenvalue weighted by Crippen LogP contribution is 2.20. The Morgan fingerprint density at radius 2 is 1.88 bits per heavy atom. The summed E-state index contributed by atoms with van der Waals surface area (Å²) in [4.78, 5) is 22.3. The van der Waals surface area contributed by atoms with E-state index in [0.29, 0.717) is 19.6 Å². The number of hydrogen-bond acceptors (Lipinski definition) is 3. The molecule has 6 nitrogen and oxygen atoms in total. The third kappa shape index (κ3) is 6.84. The molecule has 0 saturated carbocycles. The van der Waals surface area contributed by atoms with Crippen LogP contribution in [0.15, 0.2) is 54.6 Å². The number of ether oxygens (including phenoxy) is 1. The average Bonchev–Trinajstić information content (AvgIpc) is 2.64. The predicted molar refractivity (Wildman–Crippen MR) is 99.0 cm³/mol. The Morgan fingerprint density at radius 3 is 2.62 bits per heavy atom. The maximum Gasteiger partial charge on any atom is 0.315 e. The molecule has 0 aliphatic heterocycles. The van der Waals surface area contributed by atoms with Gasteiger partial charge in [-0.05, 0) is 36.6 Å². The van der Waals surface area contributed by atoms with Crippen LogP contribution >= 0.6 is 0 Å². The summed E-state index contributed by atoms with van der Waals surface area (Å²) in [6.45, 7) is 2.69. The Labute approximate surface area is 153 Å². The average molecular weight is 356 g/mol. The monoisotopic (exact) mass is 356 g/mol. The van der Waals surface area contributed by atoms with Crippen LogP contribution in [-0.2, 0) is 11.4 Å². The van der Waals surface area contributed by atoms with Gasteiger partial charge in [0.05, 0.1) is 6.04 Å². The Hall–Kier alpha value is -3.02. The van der Waals surface area contributed by atoms with Crippen molar-refractivity contribution in [3.63, 3.8) is 0 Å². The van der Waals surface area contributed by atoms with Gasteiger partial charge in [0.25, 0.3) is 0 Å². The van der Waals surface area contributed by atoms with Crippen LogP contribution in [0.1, 0.15) is 36.9 Å². The lowest BCUT2D eigenvalue weighted by Gasteiger charge is -2.16. The summed E-state index contributed by atoms with van der Waals surface area (Å²) in [6.07, 6.45) is 0.441. The number of nitrogens with one attached hydrogen (secondary N) is 2. The molecule has 0 spiro atoms. The minimum atomic E-state index is -0.868. The highest BCUT2D eigenvalue weighted by atomic mass is 16.5. The maximum absolute atomic E-state index is 11.9. The van der Waals surface area contributed by atoms with Gasteiger partial charge < -0.3 is 20.5 Å². The number of carboxylic acid groups (broad SMARTS) is 1. The highest BCUT2D eigenvalue weighted by molar-refractivity contribution is 5.74. The van der Waals surface area contributed by atoms with Crippen LogP contribution in [0.3, 0.4) is 0 Å². The summed E-state index contributed by atoms with van der Waals surface area (Å²) < 4.78 is 5.81. The first-order valence-corrected chi connectivity index (χ1v) is 8.57. The first-order chi connectivity index (χ1) is 12.5. The predicted octanol–water partition coefficient (Wildman–Crippen LogP) is 3.49. The van der Waals surface area contributed by atoms with Gasteiger partial charge in [-0.2, -0.15) is 0 Å². The Kier molecular flexibility index (Phi) is 7.49. The molecule has 2 rings (SSSR count). The minimum absolute atomic E-state index is 0.0383. The zero-order valence-electron chi connectivity index (χ0n) is 14.8. The molecule has 2 aromatic rings. The van der Waals surface area contributed by atoms with Gasteiger partial charge in [-0.3, -0.25) is 4.79 Å². The van der Waals surface area contributed by atoms with Crippen LogP contribution in [-0.4, -0.2) is 23.7 Å². The summed E-state index contributed by atoms with van der Waals surface area (Å²) in [5.74, 6) is -0.130. The molecule has 0 unspecified atom stereocenters. The lowest BCUT2D eigenvalue weighted by atomic mass is 10.1. The van der Waals surface area contributed by atoms with E-state index in [-0.39, 0.29) is 18.5 Å². The molecular formula is C20H24N2O4. The van der Waals surface area contributed by atoms with Crippen LogP contribution in [0, 0.1) is 0 Å². The van der Waals surface area contributed by atoms with E-state index in [4.69, 9.17) is 9.84 Å². The zero-order valence-corrected chi connectivity index (χ0v) is 14.8. The minimum Gasteiger partial charge on any atom is -0.489 e. The van der Waals surface area contributed by atoms with Gasteiger partial charge in [0.2, 0.25) is 0 Å². The molecule has 138 valence electrons. The molecule has 26 heavy (non-hydrogen) atoms. The number of aliphatic carboxylic acids is 1. The summed E-state index contributed by atoms with van der Waals surface area (Å²) in [7, 11) is 0. The summed E-state index contributed by atoms with van der Waals surface area (Å²) >= 11 is 0. The molecule has 2 aromatic carbocycles. The quantitative estimate of drug-likeness (QED) is 0.600. The van der Waals surface area contributed by atoms with E-state index in [9.17, 15) is 9.59 Å². The van der Waals surface area contributed by atoms with E-state index in [1.54, 1.807) is 0 Å². The van der Waals surface area contributed by atoms with Gasteiger partial charge in [0.15, 0.2) is 0 Å². The Morgan fingerprint density at radius 1 is 1.12 bits per heavy atom. The van der Waals surface area contributed by atoms with E-state index in [2.05, 4.69) is 10.6 Å². The molecular weight excluding hydrogens is 332 g/mol. The van der Waals surface area contributed by atoms with Crippen molar-refractivity contribution in [3.8, 4) is 5.75 Å². The van der Waals surface area contributed by atoms with E-state index in [1.807, 2.05) is 61.5 Å². The molecule has 0 heterocycles. The van der Waals surface area contributed by atoms with Crippen molar-refractivity contribution < 1.29 is 19.4 Å². The molecule has 1 atom stereocenters. The third-order valence-electron chi connectivity index (χ3n) is 3.81. The maximum atomic E-state index is 11.9. The van der Waals surface area contributed by atoms with Crippen LogP contribution < -0.4 is 15.4 Å². The number of amides is 2.